The summed E-state index contributed by atoms with van der Waals surface area (Å²) in [5, 5.41) is 0. The average Bonchev–Trinajstić information content (AvgIpc) is 2.38. The van der Waals surface area contributed by atoms with Crippen molar-refractivity contribution in [3.8, 4) is 0 Å². The summed E-state index contributed by atoms with van der Waals surface area (Å²) in [5.41, 5.74) is 0. The lowest BCUT2D eigenvalue weighted by molar-refractivity contribution is -0.0769. The first kappa shape index (κ1) is 17.8. The van der Waals surface area contributed by atoms with Gasteiger partial charge < -0.3 is 9.47 Å². The van der Waals surface area contributed by atoms with Crippen molar-refractivity contribution in [2.45, 2.75) is 77.9 Å². The van der Waals surface area contributed by atoms with Crippen LogP contribution in [0.4, 0.5) is 8.78 Å². The van der Waals surface area contributed by atoms with Gasteiger partial charge in [0, 0.05) is 13.2 Å². The minimum Gasteiger partial charge on any atom is -0.375 e. The zero-order chi connectivity index (χ0) is 14.0. The van der Waals surface area contributed by atoms with Crippen LogP contribution in [0.2, 0.25) is 0 Å². The molecule has 4 unspecified atom stereocenters. The van der Waals surface area contributed by atoms with E-state index in [9.17, 15) is 8.78 Å². The van der Waals surface area contributed by atoms with Gasteiger partial charge in [-0.1, -0.05) is 27.2 Å². The standard InChI is InChI=1S/C14H28F2O2/c1-5-8-10-17-11(4)13(15)14(16)12(7-3)18-9-6-2/h11-14H,5-10H2,1-4H3. The first-order chi connectivity index (χ1) is 8.58. The van der Waals surface area contributed by atoms with E-state index in [0.29, 0.717) is 19.6 Å². The van der Waals surface area contributed by atoms with Crippen molar-refractivity contribution in [2.24, 2.45) is 0 Å². The van der Waals surface area contributed by atoms with Crippen molar-refractivity contribution in [1.29, 1.82) is 0 Å². The van der Waals surface area contributed by atoms with E-state index in [2.05, 4.69) is 0 Å². The highest BCUT2D eigenvalue weighted by molar-refractivity contribution is 4.81. The van der Waals surface area contributed by atoms with Crippen LogP contribution in [-0.2, 0) is 9.47 Å². The largest absolute Gasteiger partial charge is 0.375 e. The number of hydrogen-bond acceptors (Lipinski definition) is 2. The van der Waals surface area contributed by atoms with Gasteiger partial charge in [-0.15, -0.1) is 0 Å². The molecule has 0 aliphatic heterocycles. The summed E-state index contributed by atoms with van der Waals surface area (Å²) >= 11 is 0. The highest BCUT2D eigenvalue weighted by atomic mass is 19.2. The molecule has 110 valence electrons. The molecule has 0 fully saturated rings. The van der Waals surface area contributed by atoms with Gasteiger partial charge in [0.25, 0.3) is 0 Å². The maximum Gasteiger partial charge on any atom is 0.160 e. The van der Waals surface area contributed by atoms with Gasteiger partial charge in [-0.05, 0) is 26.2 Å². The quantitative estimate of drug-likeness (QED) is 0.525. The SMILES string of the molecule is CCCCOC(C)C(F)C(F)C(CC)OCCC. The van der Waals surface area contributed by atoms with E-state index >= 15 is 0 Å². The smallest absolute Gasteiger partial charge is 0.160 e. The molecule has 0 aliphatic rings. The van der Waals surface area contributed by atoms with Crippen LogP contribution in [0.15, 0.2) is 0 Å². The maximum absolute atomic E-state index is 14.0. The molecule has 0 bridgehead atoms. The molecule has 0 spiro atoms. The Morgan fingerprint density at radius 3 is 2.06 bits per heavy atom. The van der Waals surface area contributed by atoms with E-state index in [0.717, 1.165) is 19.3 Å². The number of unbranched alkanes of at least 4 members (excludes halogenated alkanes) is 1. The molecule has 0 saturated carbocycles. The minimum atomic E-state index is -1.62. The summed E-state index contributed by atoms with van der Waals surface area (Å²) in [4.78, 5) is 0. The summed E-state index contributed by atoms with van der Waals surface area (Å²) < 4.78 is 38.5. The lowest BCUT2D eigenvalue weighted by Crippen LogP contribution is -2.40. The Kier molecular flexibility index (Phi) is 10.5. The van der Waals surface area contributed by atoms with Crippen molar-refractivity contribution in [2.75, 3.05) is 13.2 Å². The van der Waals surface area contributed by atoms with Crippen LogP contribution in [0.25, 0.3) is 0 Å². The van der Waals surface area contributed by atoms with Crippen LogP contribution < -0.4 is 0 Å². The molecule has 2 nitrogen and oxygen atoms in total. The molecular weight excluding hydrogens is 238 g/mol. The van der Waals surface area contributed by atoms with Crippen molar-refractivity contribution >= 4 is 0 Å². The summed E-state index contributed by atoms with van der Waals surface area (Å²) in [6, 6.07) is 0. The second-order valence-electron chi connectivity index (χ2n) is 4.64. The van der Waals surface area contributed by atoms with E-state index in [1.807, 2.05) is 20.8 Å². The Hall–Kier alpha value is -0.220. The highest BCUT2D eigenvalue weighted by Gasteiger charge is 2.33. The summed E-state index contributed by atoms with van der Waals surface area (Å²) in [6.07, 6.45) is -1.48. The fourth-order valence-corrected chi connectivity index (χ4v) is 1.67. The molecule has 0 aromatic rings. The monoisotopic (exact) mass is 266 g/mol. The number of ether oxygens (including phenoxy) is 2. The van der Waals surface area contributed by atoms with Crippen LogP contribution in [0.3, 0.4) is 0 Å². The number of halogens is 2. The lowest BCUT2D eigenvalue weighted by atomic mass is 10.0. The predicted molar refractivity (Wildman–Crippen MR) is 70.4 cm³/mol. The van der Waals surface area contributed by atoms with Gasteiger partial charge in [-0.3, -0.25) is 0 Å². The Balaban J connectivity index is 4.13. The first-order valence-electron chi connectivity index (χ1n) is 7.09. The molecular formula is C14H28F2O2. The Labute approximate surface area is 110 Å². The van der Waals surface area contributed by atoms with Crippen molar-refractivity contribution in [3.05, 3.63) is 0 Å². The van der Waals surface area contributed by atoms with Crippen molar-refractivity contribution in [3.63, 3.8) is 0 Å². The molecule has 0 radical (unpaired) electrons. The van der Waals surface area contributed by atoms with E-state index in [1.54, 1.807) is 6.92 Å². The minimum absolute atomic E-state index is 0.469. The van der Waals surface area contributed by atoms with E-state index < -0.39 is 24.6 Å². The second-order valence-corrected chi connectivity index (χ2v) is 4.64. The lowest BCUT2D eigenvalue weighted by Gasteiger charge is -2.26. The number of alkyl halides is 2. The summed E-state index contributed by atoms with van der Waals surface area (Å²) in [7, 11) is 0. The topological polar surface area (TPSA) is 18.5 Å². The van der Waals surface area contributed by atoms with Gasteiger partial charge in [0.15, 0.2) is 12.3 Å². The molecule has 0 aromatic carbocycles. The molecule has 0 aromatic heterocycles. The molecule has 0 saturated heterocycles. The van der Waals surface area contributed by atoms with E-state index in [-0.39, 0.29) is 0 Å². The third kappa shape index (κ3) is 6.64. The Morgan fingerprint density at radius 2 is 1.56 bits per heavy atom. The average molecular weight is 266 g/mol. The molecule has 0 aliphatic carbocycles. The fraction of sp³-hybridized carbons (Fsp3) is 1.00. The molecule has 18 heavy (non-hydrogen) atoms. The van der Waals surface area contributed by atoms with Crippen molar-refractivity contribution < 1.29 is 18.3 Å². The third-order valence-corrected chi connectivity index (χ3v) is 2.92. The molecule has 0 heterocycles. The molecule has 4 atom stereocenters. The molecule has 0 N–H and O–H groups in total. The van der Waals surface area contributed by atoms with Gasteiger partial charge in [0.2, 0.25) is 0 Å². The van der Waals surface area contributed by atoms with Gasteiger partial charge in [-0.2, -0.15) is 0 Å². The Morgan fingerprint density at radius 1 is 0.889 bits per heavy atom. The van der Waals surface area contributed by atoms with Gasteiger partial charge in [-0.25, -0.2) is 8.78 Å². The third-order valence-electron chi connectivity index (χ3n) is 2.92. The first-order valence-corrected chi connectivity index (χ1v) is 7.09. The van der Waals surface area contributed by atoms with Crippen LogP contribution in [0, 0.1) is 0 Å². The van der Waals surface area contributed by atoms with Crippen LogP contribution in [-0.4, -0.2) is 37.8 Å². The Bertz CT molecular complexity index is 191. The zero-order valence-electron chi connectivity index (χ0n) is 12.1. The van der Waals surface area contributed by atoms with Gasteiger partial charge >= 0.3 is 0 Å². The zero-order valence-corrected chi connectivity index (χ0v) is 12.1. The van der Waals surface area contributed by atoms with E-state index in [1.165, 1.54) is 0 Å². The molecule has 0 rings (SSSR count). The fourth-order valence-electron chi connectivity index (χ4n) is 1.67. The summed E-state index contributed by atoms with van der Waals surface area (Å²) in [6.45, 7) is 8.32. The van der Waals surface area contributed by atoms with Crippen LogP contribution in [0.1, 0.15) is 53.4 Å². The van der Waals surface area contributed by atoms with E-state index in [4.69, 9.17) is 9.47 Å². The summed E-state index contributed by atoms with van der Waals surface area (Å²) in [5.74, 6) is 0. The second kappa shape index (κ2) is 10.7. The van der Waals surface area contributed by atoms with Gasteiger partial charge in [0.05, 0.1) is 12.2 Å². The number of rotatable bonds is 11. The molecule has 4 heteroatoms. The predicted octanol–water partition coefficient (Wildman–Crippen LogP) is 4.07. The maximum atomic E-state index is 14.0. The number of hydrogen-bond donors (Lipinski definition) is 0. The highest BCUT2D eigenvalue weighted by Crippen LogP contribution is 2.19. The van der Waals surface area contributed by atoms with Crippen LogP contribution >= 0.6 is 0 Å². The van der Waals surface area contributed by atoms with Crippen LogP contribution in [0.5, 0.6) is 0 Å². The van der Waals surface area contributed by atoms with Gasteiger partial charge in [0.1, 0.15) is 0 Å². The normalized spacial score (nSPS) is 18.3. The van der Waals surface area contributed by atoms with Crippen molar-refractivity contribution in [1.82, 2.24) is 0 Å². The molecule has 0 amide bonds.